The molecule has 3 atom stereocenters. The van der Waals surface area contributed by atoms with Crippen molar-refractivity contribution in [2.45, 2.75) is 31.0 Å². The number of hydrogen-bond donors (Lipinski definition) is 1. The van der Waals surface area contributed by atoms with Crippen LogP contribution in [0.4, 0.5) is 0 Å². The maximum absolute atomic E-state index is 8.79. The molecule has 0 radical (unpaired) electrons. The Bertz CT molecular complexity index is 246. The van der Waals surface area contributed by atoms with Crippen LogP contribution in [0.5, 0.6) is 0 Å². The van der Waals surface area contributed by atoms with Crippen molar-refractivity contribution >= 4 is 0 Å². The molecular weight excluding hydrogens is 166 g/mol. The molecule has 2 saturated heterocycles. The van der Waals surface area contributed by atoms with Crippen molar-refractivity contribution in [3.05, 3.63) is 0 Å². The van der Waals surface area contributed by atoms with Crippen molar-refractivity contribution < 1.29 is 4.74 Å². The van der Waals surface area contributed by atoms with Crippen molar-refractivity contribution in [2.75, 3.05) is 19.7 Å². The van der Waals surface area contributed by atoms with E-state index in [9.17, 15) is 0 Å². The van der Waals surface area contributed by atoms with E-state index in [0.29, 0.717) is 18.7 Å². The fourth-order valence-electron chi connectivity index (χ4n) is 2.13. The van der Waals surface area contributed by atoms with Crippen molar-refractivity contribution in [3.63, 3.8) is 0 Å². The van der Waals surface area contributed by atoms with E-state index < -0.39 is 5.54 Å². The maximum Gasteiger partial charge on any atom is 0.114 e. The second-order valence-corrected chi connectivity index (χ2v) is 4.30. The lowest BCUT2D eigenvalue weighted by atomic mass is 10.1. The smallest absolute Gasteiger partial charge is 0.114 e. The molecule has 3 unspecified atom stereocenters. The molecule has 0 aromatic carbocycles. The molecule has 4 heteroatoms. The van der Waals surface area contributed by atoms with Gasteiger partial charge in [0, 0.05) is 19.1 Å². The molecule has 2 fully saturated rings. The number of rotatable bonds is 2. The van der Waals surface area contributed by atoms with Crippen molar-refractivity contribution in [2.24, 2.45) is 5.73 Å². The lowest BCUT2D eigenvalue weighted by molar-refractivity contribution is 0.0260. The van der Waals surface area contributed by atoms with Crippen LogP contribution in [0.1, 0.15) is 13.3 Å². The molecule has 2 N–H and O–H groups in total. The van der Waals surface area contributed by atoms with Gasteiger partial charge in [-0.05, 0) is 13.3 Å². The molecule has 0 spiro atoms. The Balaban J connectivity index is 1.94. The van der Waals surface area contributed by atoms with Crippen LogP contribution >= 0.6 is 0 Å². The zero-order chi connectivity index (χ0) is 9.47. The molecular formula is C9H15N3O. The third kappa shape index (κ3) is 1.68. The number of morpholine rings is 1. The van der Waals surface area contributed by atoms with E-state index in [-0.39, 0.29) is 0 Å². The van der Waals surface area contributed by atoms with Crippen molar-refractivity contribution in [3.8, 4) is 6.07 Å². The lowest BCUT2D eigenvalue weighted by Crippen LogP contribution is -2.50. The van der Waals surface area contributed by atoms with Gasteiger partial charge in [-0.25, -0.2) is 0 Å². The number of fused-ring (bicyclic) bond motifs is 2. The summed E-state index contributed by atoms with van der Waals surface area (Å²) >= 11 is 0. The van der Waals surface area contributed by atoms with Gasteiger partial charge in [0.2, 0.25) is 0 Å². The number of nitriles is 1. The Morgan fingerprint density at radius 2 is 2.54 bits per heavy atom. The van der Waals surface area contributed by atoms with Crippen LogP contribution in [0.3, 0.4) is 0 Å². The van der Waals surface area contributed by atoms with Gasteiger partial charge in [0.15, 0.2) is 0 Å². The second kappa shape index (κ2) is 2.95. The fourth-order valence-corrected chi connectivity index (χ4v) is 2.13. The summed E-state index contributed by atoms with van der Waals surface area (Å²) in [5.41, 5.74) is 5.07. The highest BCUT2D eigenvalue weighted by Crippen LogP contribution is 2.28. The van der Waals surface area contributed by atoms with Gasteiger partial charge < -0.3 is 10.5 Å². The summed E-state index contributed by atoms with van der Waals surface area (Å²) in [4.78, 5) is 2.28. The summed E-state index contributed by atoms with van der Waals surface area (Å²) in [6, 6.07) is 2.62. The van der Waals surface area contributed by atoms with Crippen LogP contribution < -0.4 is 5.73 Å². The monoisotopic (exact) mass is 181 g/mol. The van der Waals surface area contributed by atoms with E-state index in [1.807, 2.05) is 0 Å². The predicted octanol–water partition coefficient (Wildman–Crippen LogP) is -0.300. The van der Waals surface area contributed by atoms with Gasteiger partial charge >= 0.3 is 0 Å². The summed E-state index contributed by atoms with van der Waals surface area (Å²) in [6.45, 7) is 4.19. The Labute approximate surface area is 78.3 Å². The van der Waals surface area contributed by atoms with E-state index >= 15 is 0 Å². The summed E-state index contributed by atoms with van der Waals surface area (Å²) in [5.74, 6) is 0. The van der Waals surface area contributed by atoms with Crippen molar-refractivity contribution in [1.82, 2.24) is 4.90 Å². The molecule has 0 saturated carbocycles. The normalized spacial score (nSPS) is 37.3. The highest BCUT2D eigenvalue weighted by atomic mass is 16.5. The van der Waals surface area contributed by atoms with Crippen LogP contribution in [-0.2, 0) is 4.74 Å². The minimum Gasteiger partial charge on any atom is -0.375 e. The van der Waals surface area contributed by atoms with Crippen molar-refractivity contribution in [1.29, 1.82) is 5.26 Å². The topological polar surface area (TPSA) is 62.3 Å². The lowest BCUT2D eigenvalue weighted by Gasteiger charge is -2.30. The predicted molar refractivity (Wildman–Crippen MR) is 47.9 cm³/mol. The molecule has 4 nitrogen and oxygen atoms in total. The first-order chi connectivity index (χ1) is 6.11. The van der Waals surface area contributed by atoms with Crippen LogP contribution in [0.25, 0.3) is 0 Å². The quantitative estimate of drug-likeness (QED) is 0.635. The van der Waals surface area contributed by atoms with Crippen LogP contribution in [0.15, 0.2) is 0 Å². The molecule has 0 amide bonds. The van der Waals surface area contributed by atoms with Gasteiger partial charge in [-0.15, -0.1) is 0 Å². The Morgan fingerprint density at radius 1 is 1.77 bits per heavy atom. The summed E-state index contributed by atoms with van der Waals surface area (Å²) < 4.78 is 5.46. The van der Waals surface area contributed by atoms with E-state index in [2.05, 4.69) is 11.0 Å². The Kier molecular flexibility index (Phi) is 2.03. The van der Waals surface area contributed by atoms with Gasteiger partial charge in [-0.1, -0.05) is 0 Å². The molecule has 13 heavy (non-hydrogen) atoms. The maximum atomic E-state index is 8.79. The summed E-state index contributed by atoms with van der Waals surface area (Å²) in [7, 11) is 0. The molecule has 0 aliphatic carbocycles. The molecule has 72 valence electrons. The van der Waals surface area contributed by atoms with Gasteiger partial charge in [0.25, 0.3) is 0 Å². The first-order valence-electron chi connectivity index (χ1n) is 4.66. The van der Waals surface area contributed by atoms with E-state index in [4.69, 9.17) is 15.7 Å². The minimum atomic E-state index is -0.718. The van der Waals surface area contributed by atoms with Crippen LogP contribution in [0.2, 0.25) is 0 Å². The summed E-state index contributed by atoms with van der Waals surface area (Å²) in [5, 5.41) is 8.79. The van der Waals surface area contributed by atoms with Gasteiger partial charge in [0.1, 0.15) is 5.54 Å². The standard InChI is InChI=1S/C9H15N3O/c1-9(11,5-10)6-12-3-8-2-7(12)4-13-8/h7-8H,2-4,6,11H2,1H3. The molecule has 2 aliphatic rings. The number of likely N-dealkylation sites (tertiary alicyclic amines) is 1. The zero-order valence-electron chi connectivity index (χ0n) is 7.86. The number of nitrogens with two attached hydrogens (primary N) is 1. The molecule has 2 aliphatic heterocycles. The zero-order valence-corrected chi connectivity index (χ0v) is 7.86. The molecule has 0 aromatic rings. The van der Waals surface area contributed by atoms with E-state index in [0.717, 1.165) is 19.6 Å². The number of ether oxygens (including phenoxy) is 1. The SMILES string of the molecule is CC(N)(C#N)CN1CC2CC1CO2. The number of hydrogen-bond acceptors (Lipinski definition) is 4. The van der Waals surface area contributed by atoms with E-state index in [1.165, 1.54) is 0 Å². The van der Waals surface area contributed by atoms with Gasteiger partial charge in [0.05, 0.1) is 18.8 Å². The average Bonchev–Trinajstić information content (AvgIpc) is 2.64. The van der Waals surface area contributed by atoms with Crippen LogP contribution in [-0.4, -0.2) is 42.3 Å². The Hall–Kier alpha value is -0.630. The molecule has 2 rings (SSSR count). The molecule has 2 bridgehead atoms. The largest absolute Gasteiger partial charge is 0.375 e. The molecule has 2 heterocycles. The first-order valence-corrected chi connectivity index (χ1v) is 4.66. The summed E-state index contributed by atoms with van der Waals surface area (Å²) in [6.07, 6.45) is 1.50. The highest BCUT2D eigenvalue weighted by Gasteiger charge is 2.40. The third-order valence-corrected chi connectivity index (χ3v) is 2.80. The van der Waals surface area contributed by atoms with Gasteiger partial charge in [-0.3, -0.25) is 4.90 Å². The minimum absolute atomic E-state index is 0.388. The molecule has 0 aromatic heterocycles. The fraction of sp³-hybridized carbons (Fsp3) is 0.889. The highest BCUT2D eigenvalue weighted by molar-refractivity contribution is 5.05. The van der Waals surface area contributed by atoms with E-state index in [1.54, 1.807) is 6.92 Å². The third-order valence-electron chi connectivity index (χ3n) is 2.80. The number of nitrogens with zero attached hydrogens (tertiary/aromatic N) is 2. The van der Waals surface area contributed by atoms with Crippen LogP contribution in [0, 0.1) is 11.3 Å². The van der Waals surface area contributed by atoms with Gasteiger partial charge in [-0.2, -0.15) is 5.26 Å². The Morgan fingerprint density at radius 3 is 3.00 bits per heavy atom. The average molecular weight is 181 g/mol. The second-order valence-electron chi connectivity index (χ2n) is 4.30. The first kappa shape index (κ1) is 8.95.